The van der Waals surface area contributed by atoms with Crippen molar-refractivity contribution in [1.82, 2.24) is 15.0 Å². The number of aromatic nitrogens is 2. The minimum Gasteiger partial charge on any atom is -0.330 e. The molecule has 1 saturated carbocycles. The van der Waals surface area contributed by atoms with Crippen LogP contribution in [0.2, 0.25) is 0 Å². The van der Waals surface area contributed by atoms with Gasteiger partial charge in [0.1, 0.15) is 6.33 Å². The Labute approximate surface area is 134 Å². The second kappa shape index (κ2) is 5.76. The lowest BCUT2D eigenvalue weighted by molar-refractivity contribution is 0.244. The normalized spacial score (nSPS) is 15.3. The summed E-state index contributed by atoms with van der Waals surface area (Å²) in [4.78, 5) is 16.7. The molecule has 0 bridgehead atoms. The minimum absolute atomic E-state index is 0.0611. The van der Waals surface area contributed by atoms with Gasteiger partial charge in [-0.15, -0.1) is 0 Å². The molecule has 2 N–H and O–H groups in total. The summed E-state index contributed by atoms with van der Waals surface area (Å²) in [6.07, 6.45) is 3.95. The topological polar surface area (TPSA) is 59.0 Å². The van der Waals surface area contributed by atoms with Crippen LogP contribution in [0.15, 0.2) is 60.9 Å². The average molecular weight is 306 g/mol. The van der Waals surface area contributed by atoms with Crippen LogP contribution in [0.3, 0.4) is 0 Å². The highest BCUT2D eigenvalue weighted by Gasteiger charge is 2.33. The molecule has 0 spiro atoms. The van der Waals surface area contributed by atoms with Gasteiger partial charge in [-0.1, -0.05) is 42.5 Å². The Bertz CT molecular complexity index is 823. The molecule has 1 aliphatic rings. The lowest BCUT2D eigenvalue weighted by atomic mass is 10.0. The molecule has 4 rings (SSSR count). The van der Waals surface area contributed by atoms with Gasteiger partial charge in [0.05, 0.1) is 17.1 Å². The third-order valence-electron chi connectivity index (χ3n) is 4.21. The first kappa shape index (κ1) is 13.8. The van der Waals surface area contributed by atoms with Gasteiger partial charge < -0.3 is 5.32 Å². The van der Waals surface area contributed by atoms with Crippen molar-refractivity contribution in [2.45, 2.75) is 18.9 Å². The maximum atomic E-state index is 12.4. The molecule has 3 aromatic rings. The Morgan fingerprint density at radius 3 is 2.61 bits per heavy atom. The zero-order valence-electron chi connectivity index (χ0n) is 12.6. The molecule has 2 amide bonds. The number of amides is 2. The lowest BCUT2D eigenvalue weighted by Crippen LogP contribution is -2.37. The fourth-order valence-electron chi connectivity index (χ4n) is 2.89. The quantitative estimate of drug-likeness (QED) is 0.775. The fraction of sp³-hybridized carbons (Fsp3) is 0.222. The Morgan fingerprint density at radius 2 is 1.83 bits per heavy atom. The van der Waals surface area contributed by atoms with E-state index in [9.17, 15) is 4.79 Å². The van der Waals surface area contributed by atoms with Crippen molar-refractivity contribution in [2.75, 3.05) is 5.43 Å². The van der Waals surface area contributed by atoms with Crippen molar-refractivity contribution in [3.63, 3.8) is 0 Å². The second-order valence-electron chi connectivity index (χ2n) is 5.91. The van der Waals surface area contributed by atoms with E-state index in [0.717, 1.165) is 29.4 Å². The molecule has 5 heteroatoms. The summed E-state index contributed by atoms with van der Waals surface area (Å²) in [6, 6.07) is 17.7. The number of nitrogens with one attached hydrogen (secondary N) is 2. The number of carbonyl (C=O) groups is 1. The molecule has 1 aromatic heterocycles. The van der Waals surface area contributed by atoms with Crippen molar-refractivity contribution in [2.24, 2.45) is 5.92 Å². The molecule has 0 radical (unpaired) electrons. The molecule has 1 fully saturated rings. The maximum absolute atomic E-state index is 12.4. The van der Waals surface area contributed by atoms with E-state index in [1.54, 1.807) is 11.0 Å². The minimum atomic E-state index is -0.214. The first-order valence-corrected chi connectivity index (χ1v) is 7.86. The number of para-hydroxylation sites is 2. The van der Waals surface area contributed by atoms with E-state index in [1.165, 1.54) is 0 Å². The summed E-state index contributed by atoms with van der Waals surface area (Å²) in [5.74, 6) is 0.530. The highest BCUT2D eigenvalue weighted by atomic mass is 16.2. The van der Waals surface area contributed by atoms with E-state index in [-0.39, 0.29) is 12.1 Å². The predicted molar refractivity (Wildman–Crippen MR) is 89.5 cm³/mol. The third-order valence-corrected chi connectivity index (χ3v) is 4.21. The first-order chi connectivity index (χ1) is 11.3. The Kier molecular flexibility index (Phi) is 3.46. The number of imidazole rings is 1. The van der Waals surface area contributed by atoms with E-state index >= 15 is 0 Å². The first-order valence-electron chi connectivity index (χ1n) is 7.86. The van der Waals surface area contributed by atoms with E-state index < -0.39 is 0 Å². The van der Waals surface area contributed by atoms with Crippen LogP contribution in [0.25, 0.3) is 11.0 Å². The maximum Gasteiger partial charge on any atom is 0.334 e. The van der Waals surface area contributed by atoms with Crippen molar-refractivity contribution in [3.8, 4) is 0 Å². The lowest BCUT2D eigenvalue weighted by Gasteiger charge is -2.19. The van der Waals surface area contributed by atoms with Crippen LogP contribution in [0.4, 0.5) is 4.79 Å². The molecular formula is C18H18N4O. The van der Waals surface area contributed by atoms with Gasteiger partial charge in [0.2, 0.25) is 0 Å². The third kappa shape index (κ3) is 2.90. The van der Waals surface area contributed by atoms with E-state index in [0.29, 0.717) is 5.92 Å². The van der Waals surface area contributed by atoms with Gasteiger partial charge in [-0.25, -0.2) is 19.9 Å². The number of carbonyl (C=O) groups excluding carboxylic acids is 1. The molecule has 2 aromatic carbocycles. The van der Waals surface area contributed by atoms with E-state index in [4.69, 9.17) is 0 Å². The summed E-state index contributed by atoms with van der Waals surface area (Å²) < 4.78 is 1.65. The molecule has 0 saturated heterocycles. The number of fused-ring (bicyclic) bond motifs is 1. The monoisotopic (exact) mass is 306 g/mol. The molecule has 0 aliphatic heterocycles. The Morgan fingerprint density at radius 1 is 1.09 bits per heavy atom. The molecule has 116 valence electrons. The van der Waals surface area contributed by atoms with Crippen LogP contribution in [-0.4, -0.2) is 15.7 Å². The van der Waals surface area contributed by atoms with Crippen molar-refractivity contribution < 1.29 is 4.79 Å². The van der Waals surface area contributed by atoms with Gasteiger partial charge >= 0.3 is 6.03 Å². The molecule has 1 atom stereocenters. The van der Waals surface area contributed by atoms with Crippen molar-refractivity contribution in [3.05, 3.63) is 66.5 Å². The van der Waals surface area contributed by atoms with Gasteiger partial charge in [-0.05, 0) is 36.5 Å². The van der Waals surface area contributed by atoms with Gasteiger partial charge in [-0.3, -0.25) is 0 Å². The fourth-order valence-corrected chi connectivity index (χ4v) is 2.89. The molecule has 5 nitrogen and oxygen atoms in total. The number of hydrogen-bond acceptors (Lipinski definition) is 2. The number of benzene rings is 2. The number of nitrogens with zero attached hydrogens (tertiary/aromatic N) is 2. The van der Waals surface area contributed by atoms with Crippen LogP contribution in [0, 0.1) is 5.92 Å². The number of rotatable bonds is 4. The highest BCUT2D eigenvalue weighted by molar-refractivity contribution is 5.85. The zero-order chi connectivity index (χ0) is 15.6. The average Bonchev–Trinajstić information content (AvgIpc) is 3.36. The van der Waals surface area contributed by atoms with Crippen LogP contribution in [0.1, 0.15) is 24.4 Å². The van der Waals surface area contributed by atoms with Gasteiger partial charge in [0.15, 0.2) is 0 Å². The van der Waals surface area contributed by atoms with Gasteiger partial charge in [-0.2, -0.15) is 0 Å². The number of urea groups is 1. The second-order valence-corrected chi connectivity index (χ2v) is 5.91. The van der Waals surface area contributed by atoms with E-state index in [2.05, 4.69) is 27.9 Å². The van der Waals surface area contributed by atoms with Crippen LogP contribution >= 0.6 is 0 Å². The SMILES string of the molecule is O=C(N[C@@H](c1ccccc1)C1CC1)Nn1cnc2ccccc21. The van der Waals surface area contributed by atoms with Crippen LogP contribution in [0.5, 0.6) is 0 Å². The summed E-state index contributed by atoms with van der Waals surface area (Å²) in [5, 5.41) is 3.10. The number of hydrogen-bond donors (Lipinski definition) is 2. The van der Waals surface area contributed by atoms with Crippen molar-refractivity contribution >= 4 is 17.1 Å². The standard InChI is InChI=1S/C18H18N4O/c23-18(21-22-12-19-15-8-4-5-9-16(15)22)20-17(14-10-11-14)13-6-2-1-3-7-13/h1-9,12,14,17H,10-11H2,(H2,20,21,23)/t17-/m0/s1. The summed E-state index contributed by atoms with van der Waals surface area (Å²) in [6.45, 7) is 0. The summed E-state index contributed by atoms with van der Waals surface area (Å²) in [5.41, 5.74) is 5.74. The van der Waals surface area contributed by atoms with Crippen LogP contribution in [-0.2, 0) is 0 Å². The van der Waals surface area contributed by atoms with Gasteiger partial charge in [0, 0.05) is 0 Å². The summed E-state index contributed by atoms with van der Waals surface area (Å²) in [7, 11) is 0. The van der Waals surface area contributed by atoms with Crippen LogP contribution < -0.4 is 10.7 Å². The van der Waals surface area contributed by atoms with Gasteiger partial charge in [0.25, 0.3) is 0 Å². The molecular weight excluding hydrogens is 288 g/mol. The molecule has 1 heterocycles. The molecule has 1 aliphatic carbocycles. The van der Waals surface area contributed by atoms with E-state index in [1.807, 2.05) is 42.5 Å². The Hall–Kier alpha value is -2.82. The molecule has 0 unspecified atom stereocenters. The highest BCUT2D eigenvalue weighted by Crippen LogP contribution is 2.40. The Balaban J connectivity index is 1.50. The zero-order valence-corrected chi connectivity index (χ0v) is 12.6. The predicted octanol–water partition coefficient (Wildman–Crippen LogP) is 3.44. The largest absolute Gasteiger partial charge is 0.334 e. The summed E-state index contributed by atoms with van der Waals surface area (Å²) >= 11 is 0. The van der Waals surface area contributed by atoms with Crippen molar-refractivity contribution in [1.29, 1.82) is 0 Å². The molecule has 23 heavy (non-hydrogen) atoms. The smallest absolute Gasteiger partial charge is 0.330 e.